The molecule has 1 amide bonds. The van der Waals surface area contributed by atoms with Crippen LogP contribution in [0.5, 0.6) is 0 Å². The second-order valence-electron chi connectivity index (χ2n) is 6.88. The van der Waals surface area contributed by atoms with E-state index >= 15 is 0 Å². The lowest BCUT2D eigenvalue weighted by atomic mass is 9.84. The van der Waals surface area contributed by atoms with Crippen LogP contribution >= 0.6 is 0 Å². The summed E-state index contributed by atoms with van der Waals surface area (Å²) in [6.45, 7) is 5.53. The van der Waals surface area contributed by atoms with E-state index in [1.807, 2.05) is 11.8 Å². The van der Waals surface area contributed by atoms with Gasteiger partial charge in [0.15, 0.2) is 0 Å². The predicted molar refractivity (Wildman–Crippen MR) is 91.1 cm³/mol. The standard InChI is InChI=1S/C16H26N4O3S/c1-3-19-12-15(10-17-19)16(21)18-7-4-14(11-18)13-5-8-20(9-6-13)24(2,22)23/h10,12-14H,3-9,11H2,1-2H3. The minimum atomic E-state index is -3.07. The number of nitrogens with zero attached hydrogens (tertiary/aromatic N) is 4. The second-order valence-corrected chi connectivity index (χ2v) is 8.87. The molecule has 0 aromatic carbocycles. The number of carbonyl (C=O) groups is 1. The largest absolute Gasteiger partial charge is 0.338 e. The molecule has 2 aliphatic rings. The molecule has 0 saturated carbocycles. The van der Waals surface area contributed by atoms with Crippen LogP contribution in [0.2, 0.25) is 0 Å². The summed E-state index contributed by atoms with van der Waals surface area (Å²) in [5.74, 6) is 1.06. The summed E-state index contributed by atoms with van der Waals surface area (Å²) in [4.78, 5) is 14.5. The van der Waals surface area contributed by atoms with Crippen LogP contribution in [-0.4, -0.2) is 65.7 Å². The number of aryl methyl sites for hydroxylation is 1. The molecule has 2 saturated heterocycles. The van der Waals surface area contributed by atoms with Gasteiger partial charge in [0.05, 0.1) is 18.0 Å². The van der Waals surface area contributed by atoms with E-state index in [0.717, 1.165) is 38.9 Å². The Hall–Kier alpha value is -1.41. The van der Waals surface area contributed by atoms with Gasteiger partial charge in [-0.3, -0.25) is 9.48 Å². The first-order chi connectivity index (χ1) is 11.4. The fourth-order valence-electron chi connectivity index (χ4n) is 3.86. The number of piperidine rings is 1. The molecule has 2 fully saturated rings. The minimum absolute atomic E-state index is 0.0609. The lowest BCUT2D eigenvalue weighted by molar-refractivity contribution is 0.0778. The van der Waals surface area contributed by atoms with E-state index in [4.69, 9.17) is 0 Å². The molecule has 134 valence electrons. The Morgan fingerprint density at radius 1 is 1.21 bits per heavy atom. The zero-order valence-corrected chi connectivity index (χ0v) is 15.2. The summed E-state index contributed by atoms with van der Waals surface area (Å²) in [5.41, 5.74) is 0.657. The van der Waals surface area contributed by atoms with Crippen molar-refractivity contribution in [2.75, 3.05) is 32.4 Å². The Bertz CT molecular complexity index is 692. The molecule has 8 heteroatoms. The highest BCUT2D eigenvalue weighted by Gasteiger charge is 2.35. The molecule has 0 N–H and O–H groups in total. The van der Waals surface area contributed by atoms with Crippen molar-refractivity contribution in [3.63, 3.8) is 0 Å². The molecule has 3 heterocycles. The minimum Gasteiger partial charge on any atom is -0.338 e. The fourth-order valence-corrected chi connectivity index (χ4v) is 4.74. The molecule has 1 aromatic heterocycles. The summed E-state index contributed by atoms with van der Waals surface area (Å²) >= 11 is 0. The van der Waals surface area contributed by atoms with E-state index in [0.29, 0.717) is 30.5 Å². The Balaban J connectivity index is 1.55. The third-order valence-electron chi connectivity index (χ3n) is 5.35. The summed E-state index contributed by atoms with van der Waals surface area (Å²) < 4.78 is 26.5. The quantitative estimate of drug-likeness (QED) is 0.809. The number of carbonyl (C=O) groups excluding carboxylic acids is 1. The van der Waals surface area contributed by atoms with Crippen LogP contribution in [0.3, 0.4) is 0 Å². The lowest BCUT2D eigenvalue weighted by Crippen LogP contribution is -2.40. The highest BCUT2D eigenvalue weighted by molar-refractivity contribution is 7.88. The third-order valence-corrected chi connectivity index (χ3v) is 6.65. The topological polar surface area (TPSA) is 75.5 Å². The second kappa shape index (κ2) is 6.84. The summed E-state index contributed by atoms with van der Waals surface area (Å²) in [7, 11) is -3.07. The molecule has 0 radical (unpaired) electrons. The van der Waals surface area contributed by atoms with E-state index in [-0.39, 0.29) is 5.91 Å². The number of hydrogen-bond acceptors (Lipinski definition) is 4. The smallest absolute Gasteiger partial charge is 0.257 e. The molecular weight excluding hydrogens is 328 g/mol. The van der Waals surface area contributed by atoms with Crippen LogP contribution < -0.4 is 0 Å². The van der Waals surface area contributed by atoms with Gasteiger partial charge in [-0.05, 0) is 38.0 Å². The van der Waals surface area contributed by atoms with Crippen molar-refractivity contribution < 1.29 is 13.2 Å². The number of sulfonamides is 1. The van der Waals surface area contributed by atoms with Gasteiger partial charge < -0.3 is 4.90 Å². The van der Waals surface area contributed by atoms with Crippen molar-refractivity contribution >= 4 is 15.9 Å². The Morgan fingerprint density at radius 3 is 2.46 bits per heavy atom. The van der Waals surface area contributed by atoms with Gasteiger partial charge in [-0.1, -0.05) is 0 Å². The average Bonchev–Trinajstić information content (AvgIpc) is 3.23. The maximum atomic E-state index is 12.6. The van der Waals surface area contributed by atoms with Crippen LogP contribution in [-0.2, 0) is 16.6 Å². The van der Waals surface area contributed by atoms with Gasteiger partial charge in [-0.2, -0.15) is 5.10 Å². The first-order valence-corrected chi connectivity index (χ1v) is 10.5. The van der Waals surface area contributed by atoms with Crippen LogP contribution in [0.4, 0.5) is 0 Å². The van der Waals surface area contributed by atoms with Crippen LogP contribution in [0, 0.1) is 11.8 Å². The van der Waals surface area contributed by atoms with E-state index < -0.39 is 10.0 Å². The monoisotopic (exact) mass is 354 g/mol. The highest BCUT2D eigenvalue weighted by atomic mass is 32.2. The number of hydrogen-bond donors (Lipinski definition) is 0. The van der Waals surface area contributed by atoms with Gasteiger partial charge in [-0.25, -0.2) is 12.7 Å². The van der Waals surface area contributed by atoms with Crippen molar-refractivity contribution in [2.24, 2.45) is 11.8 Å². The average molecular weight is 354 g/mol. The van der Waals surface area contributed by atoms with Crippen molar-refractivity contribution in [3.05, 3.63) is 18.0 Å². The molecule has 0 bridgehead atoms. The first kappa shape index (κ1) is 17.4. The number of aromatic nitrogens is 2. The van der Waals surface area contributed by atoms with Crippen molar-refractivity contribution in [2.45, 2.75) is 32.7 Å². The summed E-state index contributed by atoms with van der Waals surface area (Å²) in [6.07, 6.45) is 7.53. The van der Waals surface area contributed by atoms with E-state index in [1.165, 1.54) is 6.26 Å². The maximum Gasteiger partial charge on any atom is 0.257 e. The van der Waals surface area contributed by atoms with Crippen LogP contribution in [0.15, 0.2) is 12.4 Å². The molecule has 3 rings (SSSR count). The van der Waals surface area contributed by atoms with E-state index in [2.05, 4.69) is 5.10 Å². The molecule has 7 nitrogen and oxygen atoms in total. The summed E-state index contributed by atoms with van der Waals surface area (Å²) in [6, 6.07) is 0. The first-order valence-electron chi connectivity index (χ1n) is 8.65. The van der Waals surface area contributed by atoms with Gasteiger partial charge in [0.25, 0.3) is 5.91 Å². The maximum absolute atomic E-state index is 12.6. The van der Waals surface area contributed by atoms with E-state index in [1.54, 1.807) is 21.4 Å². The molecule has 1 aromatic rings. The Labute approximate surface area is 143 Å². The van der Waals surface area contributed by atoms with E-state index in [9.17, 15) is 13.2 Å². The van der Waals surface area contributed by atoms with Gasteiger partial charge in [0.1, 0.15) is 0 Å². The molecule has 0 spiro atoms. The normalized spacial score (nSPS) is 23.8. The third kappa shape index (κ3) is 3.64. The Morgan fingerprint density at radius 2 is 1.88 bits per heavy atom. The predicted octanol–water partition coefficient (Wildman–Crippen LogP) is 1.04. The van der Waals surface area contributed by atoms with Crippen LogP contribution in [0.1, 0.15) is 36.5 Å². The van der Waals surface area contributed by atoms with Gasteiger partial charge in [0.2, 0.25) is 10.0 Å². The highest BCUT2D eigenvalue weighted by Crippen LogP contribution is 2.32. The van der Waals surface area contributed by atoms with Gasteiger partial charge in [0, 0.05) is 38.9 Å². The SMILES string of the molecule is CCn1cc(C(=O)N2CCC(C3CCN(S(C)(=O)=O)CC3)C2)cn1. The summed E-state index contributed by atoms with van der Waals surface area (Å²) in [5, 5.41) is 4.17. The van der Waals surface area contributed by atoms with Crippen molar-refractivity contribution in [1.29, 1.82) is 0 Å². The van der Waals surface area contributed by atoms with Crippen molar-refractivity contribution in [3.8, 4) is 0 Å². The zero-order chi connectivity index (χ0) is 17.3. The fraction of sp³-hybridized carbons (Fsp3) is 0.750. The number of amides is 1. The van der Waals surface area contributed by atoms with Gasteiger partial charge in [-0.15, -0.1) is 0 Å². The number of likely N-dealkylation sites (tertiary alicyclic amines) is 1. The molecule has 2 aliphatic heterocycles. The lowest BCUT2D eigenvalue weighted by Gasteiger charge is -2.33. The molecule has 1 atom stereocenters. The molecule has 24 heavy (non-hydrogen) atoms. The Kier molecular flexibility index (Phi) is 4.96. The zero-order valence-electron chi connectivity index (χ0n) is 14.4. The number of rotatable bonds is 4. The molecule has 0 aliphatic carbocycles. The molecular formula is C16H26N4O3S. The molecule has 1 unspecified atom stereocenters. The van der Waals surface area contributed by atoms with Crippen molar-refractivity contribution in [1.82, 2.24) is 19.0 Å². The van der Waals surface area contributed by atoms with Gasteiger partial charge >= 0.3 is 0 Å². The van der Waals surface area contributed by atoms with Crippen LogP contribution in [0.25, 0.3) is 0 Å².